The molecule has 1 atom stereocenters. The lowest BCUT2D eigenvalue weighted by molar-refractivity contribution is -0.115. The standard InChI is InChI=1S/C29H43NOS/c1-5-6-7-8-9-10-11-12-13-17-20-32-28(26-18-15-14-16-19-26)29(31)30-27-22-23(2)21-24(3)25(27)4/h14-16,18-19,21-22,28H,5-13,17,20H2,1-4H3,(H,30,31)/t28-/m1/s1. The van der Waals surface area contributed by atoms with E-state index in [1.165, 1.54) is 75.3 Å². The van der Waals surface area contributed by atoms with Gasteiger partial charge in [0, 0.05) is 5.69 Å². The van der Waals surface area contributed by atoms with Gasteiger partial charge in [0.2, 0.25) is 5.91 Å². The van der Waals surface area contributed by atoms with E-state index in [1.807, 2.05) is 18.2 Å². The molecular weight excluding hydrogens is 410 g/mol. The first-order valence-corrected chi connectivity index (χ1v) is 13.6. The molecule has 2 aromatic carbocycles. The van der Waals surface area contributed by atoms with Crippen molar-refractivity contribution in [3.8, 4) is 0 Å². The molecule has 0 aliphatic carbocycles. The molecule has 0 fully saturated rings. The summed E-state index contributed by atoms with van der Waals surface area (Å²) in [5, 5.41) is 3.05. The molecule has 32 heavy (non-hydrogen) atoms. The van der Waals surface area contributed by atoms with Crippen molar-refractivity contribution < 1.29 is 4.79 Å². The monoisotopic (exact) mass is 453 g/mol. The van der Waals surface area contributed by atoms with Crippen molar-refractivity contribution in [2.24, 2.45) is 0 Å². The van der Waals surface area contributed by atoms with E-state index in [9.17, 15) is 4.79 Å². The summed E-state index contributed by atoms with van der Waals surface area (Å²) >= 11 is 1.78. The highest BCUT2D eigenvalue weighted by Crippen LogP contribution is 2.32. The Kier molecular flexibility index (Phi) is 12.6. The van der Waals surface area contributed by atoms with Crippen molar-refractivity contribution in [2.75, 3.05) is 11.1 Å². The summed E-state index contributed by atoms with van der Waals surface area (Å²) in [5.74, 6) is 1.11. The minimum atomic E-state index is -0.171. The van der Waals surface area contributed by atoms with E-state index in [4.69, 9.17) is 0 Å². The maximum Gasteiger partial charge on any atom is 0.242 e. The number of carbonyl (C=O) groups is 1. The van der Waals surface area contributed by atoms with Crippen LogP contribution in [0.2, 0.25) is 0 Å². The number of hydrogen-bond donors (Lipinski definition) is 1. The van der Waals surface area contributed by atoms with Crippen LogP contribution in [0.25, 0.3) is 0 Å². The Labute approximate surface area is 201 Å². The van der Waals surface area contributed by atoms with E-state index in [1.54, 1.807) is 11.8 Å². The van der Waals surface area contributed by atoms with Gasteiger partial charge in [-0.05, 0) is 61.3 Å². The van der Waals surface area contributed by atoms with Gasteiger partial charge in [-0.15, -0.1) is 11.8 Å². The summed E-state index contributed by atoms with van der Waals surface area (Å²) in [6.07, 6.45) is 13.4. The smallest absolute Gasteiger partial charge is 0.242 e. The molecule has 176 valence electrons. The number of anilines is 1. The van der Waals surface area contributed by atoms with Crippen LogP contribution < -0.4 is 5.32 Å². The van der Waals surface area contributed by atoms with Crippen LogP contribution in [-0.2, 0) is 4.79 Å². The third-order valence-electron chi connectivity index (χ3n) is 6.19. The van der Waals surface area contributed by atoms with E-state index in [0.29, 0.717) is 0 Å². The summed E-state index contributed by atoms with van der Waals surface area (Å²) in [5.41, 5.74) is 5.57. The molecule has 0 aliphatic rings. The molecule has 0 aliphatic heterocycles. The van der Waals surface area contributed by atoms with E-state index >= 15 is 0 Å². The van der Waals surface area contributed by atoms with Gasteiger partial charge in [0.05, 0.1) is 0 Å². The predicted molar refractivity (Wildman–Crippen MR) is 143 cm³/mol. The molecule has 0 aromatic heterocycles. The number of hydrogen-bond acceptors (Lipinski definition) is 2. The lowest BCUT2D eigenvalue weighted by Gasteiger charge is -2.19. The summed E-state index contributed by atoms with van der Waals surface area (Å²) in [6, 6.07) is 14.5. The zero-order valence-corrected chi connectivity index (χ0v) is 21.5. The minimum absolute atomic E-state index is 0.0846. The molecule has 1 amide bonds. The second kappa shape index (κ2) is 15.2. The van der Waals surface area contributed by atoms with Crippen molar-refractivity contribution in [1.29, 1.82) is 0 Å². The fourth-order valence-electron chi connectivity index (χ4n) is 4.11. The van der Waals surface area contributed by atoms with Crippen molar-refractivity contribution in [2.45, 2.75) is 97.2 Å². The minimum Gasteiger partial charge on any atom is -0.325 e. The van der Waals surface area contributed by atoms with Crippen LogP contribution in [0.3, 0.4) is 0 Å². The molecule has 1 N–H and O–H groups in total. The van der Waals surface area contributed by atoms with Crippen molar-refractivity contribution in [3.05, 3.63) is 64.7 Å². The number of benzene rings is 2. The van der Waals surface area contributed by atoms with Crippen molar-refractivity contribution in [1.82, 2.24) is 0 Å². The van der Waals surface area contributed by atoms with Crippen LogP contribution in [0.5, 0.6) is 0 Å². The average molecular weight is 454 g/mol. The van der Waals surface area contributed by atoms with E-state index in [-0.39, 0.29) is 11.2 Å². The fourth-order valence-corrected chi connectivity index (χ4v) is 5.28. The maximum absolute atomic E-state index is 13.3. The molecular formula is C29H43NOS. The highest BCUT2D eigenvalue weighted by Gasteiger charge is 2.21. The van der Waals surface area contributed by atoms with Crippen LogP contribution >= 0.6 is 11.8 Å². The molecule has 0 saturated carbocycles. The van der Waals surface area contributed by atoms with Gasteiger partial charge < -0.3 is 5.32 Å². The summed E-state index contributed by atoms with van der Waals surface area (Å²) in [6.45, 7) is 8.54. The van der Waals surface area contributed by atoms with E-state index in [2.05, 4.69) is 57.3 Å². The summed E-state index contributed by atoms with van der Waals surface area (Å²) < 4.78 is 0. The molecule has 0 radical (unpaired) electrons. The van der Waals surface area contributed by atoms with Gasteiger partial charge >= 0.3 is 0 Å². The zero-order valence-electron chi connectivity index (χ0n) is 20.7. The lowest BCUT2D eigenvalue weighted by Crippen LogP contribution is -2.20. The Hall–Kier alpha value is -1.74. The Bertz CT molecular complexity index is 802. The number of aryl methyl sites for hydroxylation is 2. The quantitative estimate of drug-likeness (QED) is 0.273. The van der Waals surface area contributed by atoms with Gasteiger partial charge in [0.1, 0.15) is 5.25 Å². The second-order valence-corrected chi connectivity index (χ2v) is 10.3. The van der Waals surface area contributed by atoms with E-state index < -0.39 is 0 Å². The highest BCUT2D eigenvalue weighted by molar-refractivity contribution is 8.00. The van der Waals surface area contributed by atoms with Crippen LogP contribution in [0.1, 0.15) is 98.6 Å². The number of carbonyl (C=O) groups excluding carboxylic acids is 1. The van der Waals surface area contributed by atoms with Crippen molar-refractivity contribution >= 4 is 23.4 Å². The third kappa shape index (κ3) is 9.40. The third-order valence-corrected chi connectivity index (χ3v) is 7.54. The Balaban J connectivity index is 1.82. The van der Waals surface area contributed by atoms with Gasteiger partial charge in [0.25, 0.3) is 0 Å². The maximum atomic E-state index is 13.3. The largest absolute Gasteiger partial charge is 0.325 e. The van der Waals surface area contributed by atoms with Crippen LogP contribution in [-0.4, -0.2) is 11.7 Å². The fraction of sp³-hybridized carbons (Fsp3) is 0.552. The first-order valence-electron chi connectivity index (χ1n) is 12.6. The predicted octanol–water partition coefficient (Wildman–Crippen LogP) is 8.95. The topological polar surface area (TPSA) is 29.1 Å². The molecule has 0 heterocycles. The van der Waals surface area contributed by atoms with Crippen molar-refractivity contribution in [3.63, 3.8) is 0 Å². The normalized spacial score (nSPS) is 12.0. The Morgan fingerprint density at radius 2 is 1.44 bits per heavy atom. The number of unbranched alkanes of at least 4 members (excludes halogenated alkanes) is 9. The lowest BCUT2D eigenvalue weighted by atomic mass is 10.0. The average Bonchev–Trinajstić information content (AvgIpc) is 2.78. The first kappa shape index (κ1) is 26.5. The molecule has 0 saturated heterocycles. The highest BCUT2D eigenvalue weighted by atomic mass is 32.2. The molecule has 0 unspecified atom stereocenters. The zero-order chi connectivity index (χ0) is 23.2. The summed E-state index contributed by atoms with van der Waals surface area (Å²) in [4.78, 5) is 13.3. The number of rotatable bonds is 15. The van der Waals surface area contributed by atoms with Gasteiger partial charge in [-0.3, -0.25) is 4.79 Å². The van der Waals surface area contributed by atoms with Gasteiger partial charge in [0.15, 0.2) is 0 Å². The molecule has 3 heteroatoms. The van der Waals surface area contributed by atoms with E-state index in [0.717, 1.165) is 22.6 Å². The molecule has 2 nitrogen and oxygen atoms in total. The first-order chi connectivity index (χ1) is 15.5. The second-order valence-electron chi connectivity index (χ2n) is 9.09. The molecule has 0 bridgehead atoms. The van der Waals surface area contributed by atoms with Gasteiger partial charge in [-0.25, -0.2) is 0 Å². The molecule has 2 aromatic rings. The Morgan fingerprint density at radius 1 is 0.844 bits per heavy atom. The van der Waals surface area contributed by atoms with Crippen LogP contribution in [0.15, 0.2) is 42.5 Å². The SMILES string of the molecule is CCCCCCCCCCCCS[C@@H](C(=O)Nc1cc(C)cc(C)c1C)c1ccccc1. The number of thioether (sulfide) groups is 1. The summed E-state index contributed by atoms with van der Waals surface area (Å²) in [7, 11) is 0. The molecule has 0 spiro atoms. The van der Waals surface area contributed by atoms with Gasteiger partial charge in [-0.2, -0.15) is 0 Å². The number of nitrogens with one attached hydrogen (secondary N) is 1. The molecule has 2 rings (SSSR count). The number of amides is 1. The van der Waals surface area contributed by atoms with Crippen LogP contribution in [0, 0.1) is 20.8 Å². The Morgan fingerprint density at radius 3 is 2.06 bits per heavy atom. The van der Waals surface area contributed by atoms with Crippen LogP contribution in [0.4, 0.5) is 5.69 Å². The van der Waals surface area contributed by atoms with Gasteiger partial charge in [-0.1, -0.05) is 101 Å².